The van der Waals surface area contributed by atoms with Gasteiger partial charge in [0.1, 0.15) is 17.6 Å². The second-order valence-corrected chi connectivity index (χ2v) is 5.08. The van der Waals surface area contributed by atoms with E-state index in [1.807, 2.05) is 19.1 Å². The molecule has 6 heteroatoms. The van der Waals surface area contributed by atoms with Crippen molar-refractivity contribution < 1.29 is 14.0 Å². The van der Waals surface area contributed by atoms with E-state index in [1.165, 1.54) is 0 Å². The van der Waals surface area contributed by atoms with Crippen molar-refractivity contribution in [3.05, 3.63) is 23.7 Å². The molecule has 2 atom stereocenters. The SMILES string of the molecule is CCc1ccc([C@H]2CCCN2C(=O)[C@@H](C)NC(N)=O)o1. The zero-order chi connectivity index (χ0) is 14.7. The normalized spacial score (nSPS) is 19.9. The highest BCUT2D eigenvalue weighted by atomic mass is 16.3. The Bertz CT molecular complexity index is 498. The predicted octanol–water partition coefficient (Wildman–Crippen LogP) is 1.56. The Hall–Kier alpha value is -1.98. The van der Waals surface area contributed by atoms with Crippen LogP contribution in [0.2, 0.25) is 0 Å². The van der Waals surface area contributed by atoms with Gasteiger partial charge < -0.3 is 20.4 Å². The highest BCUT2D eigenvalue weighted by Crippen LogP contribution is 2.33. The average Bonchev–Trinajstić information content (AvgIpc) is 3.05. The van der Waals surface area contributed by atoms with Crippen LogP contribution in [0.5, 0.6) is 0 Å². The van der Waals surface area contributed by atoms with Gasteiger partial charge in [0.15, 0.2) is 0 Å². The van der Waals surface area contributed by atoms with Crippen LogP contribution in [0, 0.1) is 0 Å². The van der Waals surface area contributed by atoms with Crippen LogP contribution < -0.4 is 11.1 Å². The van der Waals surface area contributed by atoms with Crippen LogP contribution in [-0.4, -0.2) is 29.4 Å². The Labute approximate surface area is 118 Å². The van der Waals surface area contributed by atoms with E-state index in [2.05, 4.69) is 5.32 Å². The molecule has 1 fully saturated rings. The molecule has 6 nitrogen and oxygen atoms in total. The van der Waals surface area contributed by atoms with E-state index in [0.29, 0.717) is 6.54 Å². The number of hydrogen-bond acceptors (Lipinski definition) is 3. The number of primary amides is 1. The molecule has 0 aliphatic carbocycles. The van der Waals surface area contributed by atoms with Crippen molar-refractivity contribution in [2.45, 2.75) is 45.2 Å². The molecule has 1 aliphatic heterocycles. The van der Waals surface area contributed by atoms with Crippen molar-refractivity contribution in [1.82, 2.24) is 10.2 Å². The standard InChI is InChI=1S/C14H21N3O3/c1-3-10-6-7-12(20-10)11-5-4-8-17(11)13(18)9(2)16-14(15)19/h6-7,9,11H,3-5,8H2,1-2H3,(H3,15,16,19)/t9-,11-/m1/s1. The van der Waals surface area contributed by atoms with Gasteiger partial charge in [0.25, 0.3) is 0 Å². The Morgan fingerprint density at radius 2 is 2.30 bits per heavy atom. The summed E-state index contributed by atoms with van der Waals surface area (Å²) >= 11 is 0. The monoisotopic (exact) mass is 279 g/mol. The van der Waals surface area contributed by atoms with Gasteiger partial charge in [-0.2, -0.15) is 0 Å². The molecule has 0 bridgehead atoms. The number of nitrogens with one attached hydrogen (secondary N) is 1. The zero-order valence-electron chi connectivity index (χ0n) is 11.9. The first-order valence-corrected chi connectivity index (χ1v) is 6.98. The summed E-state index contributed by atoms with van der Waals surface area (Å²) in [5.41, 5.74) is 5.06. The van der Waals surface area contributed by atoms with Crippen LogP contribution in [0.1, 0.15) is 44.3 Å². The van der Waals surface area contributed by atoms with Gasteiger partial charge in [0.05, 0.1) is 6.04 Å². The van der Waals surface area contributed by atoms with Crippen molar-refractivity contribution in [3.63, 3.8) is 0 Å². The van der Waals surface area contributed by atoms with E-state index in [0.717, 1.165) is 30.8 Å². The van der Waals surface area contributed by atoms with E-state index in [9.17, 15) is 9.59 Å². The van der Waals surface area contributed by atoms with E-state index in [1.54, 1.807) is 11.8 Å². The van der Waals surface area contributed by atoms with Crippen LogP contribution in [0.15, 0.2) is 16.5 Å². The van der Waals surface area contributed by atoms with Crippen LogP contribution in [0.3, 0.4) is 0 Å². The summed E-state index contributed by atoms with van der Waals surface area (Å²) in [6.07, 6.45) is 2.65. The molecule has 0 unspecified atom stereocenters. The van der Waals surface area contributed by atoms with Gasteiger partial charge in [-0.15, -0.1) is 0 Å². The van der Waals surface area contributed by atoms with Crippen molar-refractivity contribution in [2.75, 3.05) is 6.54 Å². The van der Waals surface area contributed by atoms with E-state index in [-0.39, 0.29) is 11.9 Å². The first-order valence-electron chi connectivity index (χ1n) is 6.98. The summed E-state index contributed by atoms with van der Waals surface area (Å²) in [6, 6.07) is 2.53. The fourth-order valence-corrected chi connectivity index (χ4v) is 2.61. The number of rotatable bonds is 4. The summed E-state index contributed by atoms with van der Waals surface area (Å²) < 4.78 is 5.75. The number of urea groups is 1. The second kappa shape index (κ2) is 5.98. The number of furan rings is 1. The number of nitrogens with two attached hydrogens (primary N) is 1. The number of amides is 3. The molecule has 1 aromatic heterocycles. The lowest BCUT2D eigenvalue weighted by atomic mass is 10.1. The number of carbonyl (C=O) groups is 2. The lowest BCUT2D eigenvalue weighted by molar-refractivity contribution is -0.134. The van der Waals surface area contributed by atoms with Crippen LogP contribution >= 0.6 is 0 Å². The number of likely N-dealkylation sites (tertiary alicyclic amines) is 1. The molecular weight excluding hydrogens is 258 g/mol. The van der Waals surface area contributed by atoms with Crippen molar-refractivity contribution >= 4 is 11.9 Å². The Morgan fingerprint density at radius 1 is 1.55 bits per heavy atom. The first-order chi connectivity index (χ1) is 9.52. The van der Waals surface area contributed by atoms with Crippen molar-refractivity contribution in [3.8, 4) is 0 Å². The van der Waals surface area contributed by atoms with Crippen LogP contribution in [0.4, 0.5) is 4.79 Å². The third kappa shape index (κ3) is 2.95. The molecule has 2 heterocycles. The molecule has 110 valence electrons. The number of hydrogen-bond donors (Lipinski definition) is 2. The molecule has 0 spiro atoms. The summed E-state index contributed by atoms with van der Waals surface area (Å²) in [4.78, 5) is 25.0. The smallest absolute Gasteiger partial charge is 0.312 e. The van der Waals surface area contributed by atoms with Gasteiger partial charge >= 0.3 is 6.03 Å². The predicted molar refractivity (Wildman–Crippen MR) is 74.0 cm³/mol. The Kier molecular flexibility index (Phi) is 4.32. The maximum atomic E-state index is 12.4. The van der Waals surface area contributed by atoms with Crippen molar-refractivity contribution in [2.24, 2.45) is 5.73 Å². The largest absolute Gasteiger partial charge is 0.464 e. The van der Waals surface area contributed by atoms with E-state index >= 15 is 0 Å². The van der Waals surface area contributed by atoms with Gasteiger partial charge in [-0.05, 0) is 31.9 Å². The molecular formula is C14H21N3O3. The Morgan fingerprint density at radius 3 is 2.90 bits per heavy atom. The first kappa shape index (κ1) is 14.4. The molecule has 3 N–H and O–H groups in total. The summed E-state index contributed by atoms with van der Waals surface area (Å²) in [5, 5.41) is 2.42. The van der Waals surface area contributed by atoms with Crippen molar-refractivity contribution in [1.29, 1.82) is 0 Å². The van der Waals surface area contributed by atoms with Gasteiger partial charge in [0, 0.05) is 13.0 Å². The molecule has 2 rings (SSSR count). The average molecular weight is 279 g/mol. The molecule has 3 amide bonds. The molecule has 0 radical (unpaired) electrons. The zero-order valence-corrected chi connectivity index (χ0v) is 11.9. The Balaban J connectivity index is 2.10. The minimum absolute atomic E-state index is 0.0417. The molecule has 1 saturated heterocycles. The minimum atomic E-state index is -0.687. The second-order valence-electron chi connectivity index (χ2n) is 5.08. The number of carbonyl (C=O) groups excluding carboxylic acids is 2. The maximum Gasteiger partial charge on any atom is 0.312 e. The molecule has 1 aromatic rings. The third-order valence-corrected chi connectivity index (χ3v) is 3.62. The summed E-state index contributed by atoms with van der Waals surface area (Å²) in [7, 11) is 0. The van der Waals surface area contributed by atoms with Crippen LogP contribution in [0.25, 0.3) is 0 Å². The summed E-state index contributed by atoms with van der Waals surface area (Å²) in [5.74, 6) is 1.61. The lowest BCUT2D eigenvalue weighted by Gasteiger charge is -2.26. The molecule has 1 aliphatic rings. The quantitative estimate of drug-likeness (QED) is 0.876. The third-order valence-electron chi connectivity index (χ3n) is 3.62. The van der Waals surface area contributed by atoms with Gasteiger partial charge in [0.2, 0.25) is 5.91 Å². The molecule has 20 heavy (non-hydrogen) atoms. The number of nitrogens with zero attached hydrogens (tertiary/aromatic N) is 1. The van der Waals surface area contributed by atoms with Crippen LogP contribution in [-0.2, 0) is 11.2 Å². The highest BCUT2D eigenvalue weighted by molar-refractivity contribution is 5.86. The van der Waals surface area contributed by atoms with Gasteiger partial charge in [-0.3, -0.25) is 4.79 Å². The topological polar surface area (TPSA) is 88.6 Å². The summed E-state index contributed by atoms with van der Waals surface area (Å²) in [6.45, 7) is 4.34. The minimum Gasteiger partial charge on any atom is -0.464 e. The molecule has 0 saturated carbocycles. The highest BCUT2D eigenvalue weighted by Gasteiger charge is 2.34. The van der Waals surface area contributed by atoms with Gasteiger partial charge in [-0.25, -0.2) is 4.79 Å². The van der Waals surface area contributed by atoms with Gasteiger partial charge in [-0.1, -0.05) is 6.92 Å². The maximum absolute atomic E-state index is 12.4. The number of aryl methyl sites for hydroxylation is 1. The lowest BCUT2D eigenvalue weighted by Crippen LogP contribution is -2.48. The van der Waals surface area contributed by atoms with E-state index in [4.69, 9.17) is 10.2 Å². The van der Waals surface area contributed by atoms with E-state index < -0.39 is 12.1 Å². The fraction of sp³-hybridized carbons (Fsp3) is 0.571. The fourth-order valence-electron chi connectivity index (χ4n) is 2.61. The molecule has 0 aromatic carbocycles.